The van der Waals surface area contributed by atoms with Gasteiger partial charge in [-0.15, -0.1) is 11.3 Å². The maximum Gasteiger partial charge on any atom is 0.411 e. The van der Waals surface area contributed by atoms with Crippen LogP contribution in [-0.4, -0.2) is 97.8 Å². The molecule has 3 aromatic heterocycles. The van der Waals surface area contributed by atoms with Gasteiger partial charge in [0.15, 0.2) is 10.8 Å². The van der Waals surface area contributed by atoms with Gasteiger partial charge in [0.05, 0.1) is 50.4 Å². The van der Waals surface area contributed by atoms with Crippen molar-refractivity contribution in [1.29, 1.82) is 0 Å². The van der Waals surface area contributed by atoms with Crippen LogP contribution < -0.4 is 26.0 Å². The van der Waals surface area contributed by atoms with E-state index in [1.807, 2.05) is 56.3 Å². The van der Waals surface area contributed by atoms with Crippen LogP contribution in [0.5, 0.6) is 5.75 Å². The van der Waals surface area contributed by atoms with E-state index < -0.39 is 53.1 Å². The number of benzene rings is 2. The minimum atomic E-state index is -1.97. The molecule has 2 saturated carbocycles. The average Bonchev–Trinajstić information content (AvgIpc) is 3.64. The number of hydrogen-bond donors (Lipinski definition) is 5. The first-order valence-electron chi connectivity index (χ1n) is 27.0. The third-order valence-corrected chi connectivity index (χ3v) is 16.5. The smallest absolute Gasteiger partial charge is 0.411 e. The van der Waals surface area contributed by atoms with Crippen molar-refractivity contribution in [3.8, 4) is 27.3 Å². The Morgan fingerprint density at radius 2 is 1.59 bits per heavy atom. The molecule has 2 aliphatic carbocycles. The monoisotopic (exact) mass is 1080 g/mol. The molecule has 8 rings (SSSR count). The number of aliphatic hydroxyl groups excluding tert-OH is 1. The van der Waals surface area contributed by atoms with Crippen LogP contribution in [0.2, 0.25) is 0 Å². The number of pyridine rings is 1. The Bertz CT molecular complexity index is 2860. The predicted octanol–water partition coefficient (Wildman–Crippen LogP) is 11.1. The topological polar surface area (TPSA) is 214 Å². The highest BCUT2D eigenvalue weighted by atomic mass is 32.1. The largest absolute Gasteiger partial charge is 0.493 e. The first-order chi connectivity index (χ1) is 36.4. The zero-order valence-corrected chi connectivity index (χ0v) is 46.1. The Hall–Kier alpha value is -6.05. The van der Waals surface area contributed by atoms with Crippen LogP contribution in [0.15, 0.2) is 54.2 Å². The number of nitrogens with zero attached hydrogens (tertiary/aromatic N) is 4. The van der Waals surface area contributed by atoms with Crippen LogP contribution in [-0.2, 0) is 30.5 Å². The van der Waals surface area contributed by atoms with E-state index in [1.54, 1.807) is 32.5 Å². The Morgan fingerprint density at radius 1 is 0.868 bits per heavy atom. The summed E-state index contributed by atoms with van der Waals surface area (Å²) in [5, 5.41) is 22.7. The van der Waals surface area contributed by atoms with Crippen molar-refractivity contribution < 1.29 is 42.9 Å². The van der Waals surface area contributed by atoms with Crippen molar-refractivity contribution in [2.75, 3.05) is 23.8 Å². The highest BCUT2D eigenvalue weighted by molar-refractivity contribution is 7.22. The van der Waals surface area contributed by atoms with Gasteiger partial charge in [0.1, 0.15) is 23.9 Å². The molecule has 0 bridgehead atoms. The van der Waals surface area contributed by atoms with Gasteiger partial charge < -0.3 is 35.4 Å². The summed E-state index contributed by atoms with van der Waals surface area (Å²) in [4.78, 5) is 81.9. The van der Waals surface area contributed by atoms with Crippen LogP contribution in [0.25, 0.3) is 31.8 Å². The van der Waals surface area contributed by atoms with Crippen molar-refractivity contribution >= 4 is 73.4 Å². The minimum Gasteiger partial charge on any atom is -0.493 e. The molecule has 4 heterocycles. The second kappa shape index (κ2) is 25.4. The summed E-state index contributed by atoms with van der Waals surface area (Å²) in [5.41, 5.74) is 5.55. The molecule has 408 valence electrons. The summed E-state index contributed by atoms with van der Waals surface area (Å²) in [6.45, 7) is 9.64. The third-order valence-electron chi connectivity index (χ3n) is 14.6. The molecule has 1 saturated heterocycles. The van der Waals surface area contributed by atoms with Gasteiger partial charge in [-0.05, 0) is 106 Å². The number of aliphatic hydroxyl groups is 1. The molecule has 16 nitrogen and oxygen atoms in total. The number of aryl methyl sites for hydroxylation is 2. The van der Waals surface area contributed by atoms with Crippen LogP contribution >= 0.6 is 22.7 Å². The molecule has 3 aliphatic rings. The molecule has 76 heavy (non-hydrogen) atoms. The standard InChI is InChI=1S/C57H73FN8O8S2/c1-35-44(63-55(72)74-42-17-13-12-14-18-42)27-40(32-59-35)37-22-23-43-47(29-37)76-54(62-43)64-48(68)19-15-10-8-6-7-9-11-16-26-73-46-28-38(49-36(2)61-34-75-49)20-21-39(46)31-60-51(69)45-30-41(67)33-66(45)52(70)50(56(3,4)5)65-53(71)57(58)24-25-57/h20-23,27-29,32,34,41-42,45,50,67H,6-19,24-26,30-31,33H2,1-5H3,(H,60,69)(H,63,72)(H,65,71)(H,62,64,68)/t41-,45+,50-/m1/s1. The van der Waals surface area contributed by atoms with Crippen LogP contribution in [0, 0.1) is 19.3 Å². The molecule has 3 atom stereocenters. The summed E-state index contributed by atoms with van der Waals surface area (Å²) in [5.74, 6) is -1.22. The molecule has 0 spiro atoms. The number of likely N-dealkylation sites (tertiary alicyclic amines) is 1. The fourth-order valence-corrected chi connectivity index (χ4v) is 11.6. The molecule has 0 radical (unpaired) electrons. The number of thiazole rings is 2. The van der Waals surface area contributed by atoms with Crippen molar-refractivity contribution in [2.24, 2.45) is 5.41 Å². The van der Waals surface area contributed by atoms with E-state index in [2.05, 4.69) is 36.2 Å². The summed E-state index contributed by atoms with van der Waals surface area (Å²) in [6, 6.07) is 11.6. The van der Waals surface area contributed by atoms with Crippen LogP contribution in [0.4, 0.5) is 20.0 Å². The summed E-state index contributed by atoms with van der Waals surface area (Å²) >= 11 is 2.97. The van der Waals surface area contributed by atoms with E-state index in [4.69, 9.17) is 9.47 Å². The number of alkyl halides is 1. The molecule has 5 amide bonds. The van der Waals surface area contributed by atoms with E-state index in [0.717, 1.165) is 120 Å². The average molecular weight is 1080 g/mol. The van der Waals surface area contributed by atoms with E-state index in [0.29, 0.717) is 35.3 Å². The first-order valence-corrected chi connectivity index (χ1v) is 28.7. The number of hydrogen-bond acceptors (Lipinski definition) is 13. The summed E-state index contributed by atoms with van der Waals surface area (Å²) < 4.78 is 27.6. The highest BCUT2D eigenvalue weighted by Crippen LogP contribution is 2.41. The van der Waals surface area contributed by atoms with Gasteiger partial charge in [0.2, 0.25) is 17.7 Å². The molecule has 5 N–H and O–H groups in total. The van der Waals surface area contributed by atoms with E-state index in [9.17, 15) is 33.5 Å². The van der Waals surface area contributed by atoms with Gasteiger partial charge in [-0.2, -0.15) is 0 Å². The number of amides is 5. The lowest BCUT2D eigenvalue weighted by molar-refractivity contribution is -0.145. The van der Waals surface area contributed by atoms with Crippen molar-refractivity contribution in [2.45, 2.75) is 180 Å². The highest BCUT2D eigenvalue weighted by Gasteiger charge is 2.53. The van der Waals surface area contributed by atoms with Crippen molar-refractivity contribution in [3.05, 3.63) is 71.1 Å². The Morgan fingerprint density at radius 3 is 2.30 bits per heavy atom. The van der Waals surface area contributed by atoms with Gasteiger partial charge in [-0.1, -0.05) is 95.3 Å². The Balaban J connectivity index is 0.744. The lowest BCUT2D eigenvalue weighted by Crippen LogP contribution is -2.59. The fraction of sp³-hybridized carbons (Fsp3) is 0.544. The molecular weight excluding hydrogens is 1010 g/mol. The summed E-state index contributed by atoms with van der Waals surface area (Å²) in [7, 11) is 0. The van der Waals surface area contributed by atoms with Crippen LogP contribution in [0.3, 0.4) is 0 Å². The first kappa shape index (κ1) is 56.2. The number of β-amino-alcohol motifs (C(OH)–C–C–N with tert-alkyl or cyclic N) is 1. The zero-order chi connectivity index (χ0) is 54.0. The summed E-state index contributed by atoms with van der Waals surface area (Å²) in [6.07, 6.45) is 14.0. The maximum absolute atomic E-state index is 14.7. The van der Waals surface area contributed by atoms with Gasteiger partial charge in [-0.3, -0.25) is 29.5 Å². The van der Waals surface area contributed by atoms with Gasteiger partial charge in [0.25, 0.3) is 5.91 Å². The lowest BCUT2D eigenvalue weighted by Gasteiger charge is -2.35. The molecule has 1 aliphatic heterocycles. The molecular formula is C57H73FN8O8S2. The van der Waals surface area contributed by atoms with Gasteiger partial charge in [0, 0.05) is 43.3 Å². The quantitative estimate of drug-likeness (QED) is 0.0388. The van der Waals surface area contributed by atoms with Crippen molar-refractivity contribution in [3.63, 3.8) is 0 Å². The molecule has 5 aromatic rings. The number of anilines is 2. The SMILES string of the molecule is Cc1ncc(-c2ccc3nc(NC(=O)CCCCCCCCCCOc4cc(-c5scnc5C)ccc4CNC(=O)[C@@H]4C[C@@H](O)CN4C(=O)[C@@H](NC(=O)C4(F)CC4)C(C)(C)C)sc3c2)cc1NC(=O)OC1CCCCC1. The number of unbranched alkanes of at least 4 members (excludes halogenated alkanes) is 7. The van der Waals surface area contributed by atoms with Crippen molar-refractivity contribution in [1.82, 2.24) is 30.5 Å². The minimum absolute atomic E-state index is 0.0340. The Kier molecular flexibility index (Phi) is 18.8. The van der Waals surface area contributed by atoms with Gasteiger partial charge >= 0.3 is 6.09 Å². The van der Waals surface area contributed by atoms with Gasteiger partial charge in [-0.25, -0.2) is 19.2 Å². The number of halogens is 1. The number of nitrogens with one attached hydrogen (secondary N) is 4. The molecule has 19 heteroatoms. The lowest BCUT2D eigenvalue weighted by atomic mass is 9.85. The van der Waals surface area contributed by atoms with E-state index >= 15 is 0 Å². The Labute approximate surface area is 452 Å². The molecule has 0 unspecified atom stereocenters. The molecule has 3 fully saturated rings. The second-order valence-electron chi connectivity index (χ2n) is 21.8. The normalized spacial score (nSPS) is 17.8. The van der Waals surface area contributed by atoms with E-state index in [1.165, 1.54) is 34.0 Å². The number of carbonyl (C=O) groups excluding carboxylic acids is 5. The number of carbonyl (C=O) groups is 5. The third kappa shape index (κ3) is 14.9. The van der Waals surface area contributed by atoms with Crippen LogP contribution in [0.1, 0.15) is 147 Å². The zero-order valence-electron chi connectivity index (χ0n) is 44.4. The second-order valence-corrected chi connectivity index (χ2v) is 23.7. The fourth-order valence-electron chi connectivity index (χ4n) is 9.83. The number of aromatic nitrogens is 3. The number of fused-ring (bicyclic) bond motifs is 1. The maximum atomic E-state index is 14.7. The molecule has 2 aromatic carbocycles. The van der Waals surface area contributed by atoms with E-state index in [-0.39, 0.29) is 44.4 Å². The number of ether oxygens (including phenoxy) is 2. The predicted molar refractivity (Wildman–Crippen MR) is 295 cm³/mol. The number of rotatable bonds is 23.